The van der Waals surface area contributed by atoms with Gasteiger partial charge >= 0.3 is 0 Å². The molecule has 0 unspecified atom stereocenters. The SMILES string of the molecule is NCc1ccn(-c2c(Cl)cc(F)cc2Br)n1. The standard InChI is InChI=1S/C10H8BrClFN3/c11-8-3-6(13)4-9(12)10(8)16-2-1-7(5-14)15-16/h1-4H,5,14H2. The second kappa shape index (κ2) is 4.53. The van der Waals surface area contributed by atoms with Crippen molar-refractivity contribution in [3.8, 4) is 5.69 Å². The highest BCUT2D eigenvalue weighted by Crippen LogP contribution is 2.29. The summed E-state index contributed by atoms with van der Waals surface area (Å²) in [6, 6.07) is 4.36. The molecule has 0 saturated carbocycles. The Morgan fingerprint density at radius 2 is 2.25 bits per heavy atom. The van der Waals surface area contributed by atoms with Gasteiger partial charge in [0.15, 0.2) is 0 Å². The van der Waals surface area contributed by atoms with Gasteiger partial charge in [0, 0.05) is 17.2 Å². The maximum absolute atomic E-state index is 13.0. The van der Waals surface area contributed by atoms with Gasteiger partial charge in [0.25, 0.3) is 0 Å². The van der Waals surface area contributed by atoms with Crippen molar-refractivity contribution in [2.45, 2.75) is 6.54 Å². The molecule has 2 rings (SSSR count). The van der Waals surface area contributed by atoms with Gasteiger partial charge in [-0.25, -0.2) is 9.07 Å². The molecule has 1 heterocycles. The molecule has 16 heavy (non-hydrogen) atoms. The van der Waals surface area contributed by atoms with Crippen LogP contribution in [0.15, 0.2) is 28.9 Å². The smallest absolute Gasteiger partial charge is 0.125 e. The summed E-state index contributed by atoms with van der Waals surface area (Å²) in [5.41, 5.74) is 6.80. The highest BCUT2D eigenvalue weighted by atomic mass is 79.9. The Kier molecular flexibility index (Phi) is 3.28. The second-order valence-electron chi connectivity index (χ2n) is 3.17. The molecule has 1 aromatic carbocycles. The number of hydrogen-bond acceptors (Lipinski definition) is 2. The van der Waals surface area contributed by atoms with Crippen LogP contribution >= 0.6 is 27.5 Å². The minimum atomic E-state index is -0.396. The summed E-state index contributed by atoms with van der Waals surface area (Å²) in [7, 11) is 0. The van der Waals surface area contributed by atoms with Gasteiger partial charge in [-0.1, -0.05) is 11.6 Å². The van der Waals surface area contributed by atoms with Crippen molar-refractivity contribution < 1.29 is 4.39 Å². The molecular weight excluding hydrogens is 296 g/mol. The normalized spacial score (nSPS) is 10.8. The molecule has 6 heteroatoms. The molecule has 0 aliphatic heterocycles. The lowest BCUT2D eigenvalue weighted by Crippen LogP contribution is -2.02. The lowest BCUT2D eigenvalue weighted by molar-refractivity contribution is 0.626. The zero-order chi connectivity index (χ0) is 11.7. The molecule has 0 radical (unpaired) electrons. The van der Waals surface area contributed by atoms with Crippen molar-refractivity contribution in [3.05, 3.63) is 45.4 Å². The summed E-state index contributed by atoms with van der Waals surface area (Å²) < 4.78 is 15.1. The van der Waals surface area contributed by atoms with E-state index in [0.29, 0.717) is 21.7 Å². The maximum atomic E-state index is 13.0. The first-order chi connectivity index (χ1) is 7.61. The first-order valence-electron chi connectivity index (χ1n) is 4.51. The van der Waals surface area contributed by atoms with Crippen LogP contribution in [-0.4, -0.2) is 9.78 Å². The fourth-order valence-corrected chi connectivity index (χ4v) is 2.37. The lowest BCUT2D eigenvalue weighted by Gasteiger charge is -2.07. The van der Waals surface area contributed by atoms with Crippen molar-refractivity contribution in [2.75, 3.05) is 0 Å². The maximum Gasteiger partial charge on any atom is 0.125 e. The van der Waals surface area contributed by atoms with E-state index in [1.54, 1.807) is 16.9 Å². The van der Waals surface area contributed by atoms with E-state index < -0.39 is 5.82 Å². The molecule has 0 atom stereocenters. The predicted molar refractivity (Wildman–Crippen MR) is 64.1 cm³/mol. The largest absolute Gasteiger partial charge is 0.325 e. The van der Waals surface area contributed by atoms with Crippen LogP contribution in [0.1, 0.15) is 5.69 Å². The van der Waals surface area contributed by atoms with E-state index >= 15 is 0 Å². The average Bonchev–Trinajstić information content (AvgIpc) is 2.64. The predicted octanol–water partition coefficient (Wildman–Crippen LogP) is 2.89. The quantitative estimate of drug-likeness (QED) is 0.927. The highest BCUT2D eigenvalue weighted by molar-refractivity contribution is 9.10. The first kappa shape index (κ1) is 11.6. The Hall–Kier alpha value is -0.910. The van der Waals surface area contributed by atoms with E-state index in [4.69, 9.17) is 17.3 Å². The molecular formula is C10H8BrClFN3. The van der Waals surface area contributed by atoms with Gasteiger partial charge < -0.3 is 5.73 Å². The molecule has 1 aromatic heterocycles. The summed E-state index contributed by atoms with van der Waals surface area (Å²) in [4.78, 5) is 0. The van der Waals surface area contributed by atoms with Crippen molar-refractivity contribution in [1.82, 2.24) is 9.78 Å². The van der Waals surface area contributed by atoms with Crippen LogP contribution in [0, 0.1) is 5.82 Å². The lowest BCUT2D eigenvalue weighted by atomic mass is 10.3. The molecule has 0 fully saturated rings. The third-order valence-electron chi connectivity index (χ3n) is 2.06. The van der Waals surface area contributed by atoms with Crippen LogP contribution in [-0.2, 0) is 6.54 Å². The van der Waals surface area contributed by atoms with E-state index in [9.17, 15) is 4.39 Å². The Morgan fingerprint density at radius 3 is 2.81 bits per heavy atom. The summed E-state index contributed by atoms with van der Waals surface area (Å²) in [6.45, 7) is 0.351. The zero-order valence-electron chi connectivity index (χ0n) is 8.12. The Balaban J connectivity index is 2.55. The Bertz CT molecular complexity index is 504. The summed E-state index contributed by atoms with van der Waals surface area (Å²) in [5, 5.41) is 4.50. The molecule has 84 valence electrons. The van der Waals surface area contributed by atoms with Crippen LogP contribution in [0.3, 0.4) is 0 Å². The van der Waals surface area contributed by atoms with E-state index in [2.05, 4.69) is 21.0 Å². The van der Waals surface area contributed by atoms with Gasteiger partial charge in [-0.2, -0.15) is 5.10 Å². The van der Waals surface area contributed by atoms with Crippen LogP contribution in [0.4, 0.5) is 4.39 Å². The third kappa shape index (κ3) is 2.11. The zero-order valence-corrected chi connectivity index (χ0v) is 10.5. The summed E-state index contributed by atoms with van der Waals surface area (Å²) in [6.07, 6.45) is 1.73. The van der Waals surface area contributed by atoms with Crippen molar-refractivity contribution >= 4 is 27.5 Å². The summed E-state index contributed by atoms with van der Waals surface area (Å²) >= 11 is 9.21. The third-order valence-corrected chi connectivity index (χ3v) is 2.96. The van der Waals surface area contributed by atoms with Gasteiger partial charge in [-0.05, 0) is 34.1 Å². The van der Waals surface area contributed by atoms with Gasteiger partial charge in [-0.15, -0.1) is 0 Å². The number of hydrogen-bond donors (Lipinski definition) is 1. The molecule has 0 aliphatic carbocycles. The molecule has 3 nitrogen and oxygen atoms in total. The topological polar surface area (TPSA) is 43.8 Å². The Labute approximate surface area is 105 Å². The molecule has 0 aliphatic rings. The van der Waals surface area contributed by atoms with Crippen molar-refractivity contribution in [1.29, 1.82) is 0 Å². The number of aromatic nitrogens is 2. The molecule has 0 spiro atoms. The first-order valence-corrected chi connectivity index (χ1v) is 5.68. The summed E-state index contributed by atoms with van der Waals surface area (Å²) in [5.74, 6) is -0.396. The molecule has 0 saturated heterocycles. The van der Waals surface area contributed by atoms with Gasteiger partial charge in [0.2, 0.25) is 0 Å². The van der Waals surface area contributed by atoms with Gasteiger partial charge in [0.05, 0.1) is 16.4 Å². The van der Waals surface area contributed by atoms with Crippen LogP contribution < -0.4 is 5.73 Å². The molecule has 0 amide bonds. The van der Waals surface area contributed by atoms with E-state index in [0.717, 1.165) is 5.69 Å². The monoisotopic (exact) mass is 303 g/mol. The Morgan fingerprint density at radius 1 is 1.50 bits per heavy atom. The number of nitrogens with zero attached hydrogens (tertiary/aromatic N) is 2. The number of rotatable bonds is 2. The minimum Gasteiger partial charge on any atom is -0.325 e. The average molecular weight is 305 g/mol. The van der Waals surface area contributed by atoms with Crippen LogP contribution in [0.5, 0.6) is 0 Å². The molecule has 2 N–H and O–H groups in total. The van der Waals surface area contributed by atoms with E-state index in [1.165, 1.54) is 12.1 Å². The highest BCUT2D eigenvalue weighted by Gasteiger charge is 2.11. The number of halogens is 3. The minimum absolute atomic E-state index is 0.290. The van der Waals surface area contributed by atoms with Gasteiger partial charge in [-0.3, -0.25) is 0 Å². The molecule has 2 aromatic rings. The van der Waals surface area contributed by atoms with Crippen molar-refractivity contribution in [3.63, 3.8) is 0 Å². The van der Waals surface area contributed by atoms with Crippen LogP contribution in [0.25, 0.3) is 5.69 Å². The van der Waals surface area contributed by atoms with E-state index in [1.807, 2.05) is 0 Å². The fourth-order valence-electron chi connectivity index (χ4n) is 1.35. The number of nitrogens with two attached hydrogens (primary N) is 1. The second-order valence-corrected chi connectivity index (χ2v) is 4.44. The fraction of sp³-hybridized carbons (Fsp3) is 0.100. The van der Waals surface area contributed by atoms with Crippen LogP contribution in [0.2, 0.25) is 5.02 Å². The number of benzene rings is 1. The van der Waals surface area contributed by atoms with E-state index in [-0.39, 0.29) is 0 Å². The van der Waals surface area contributed by atoms with Crippen molar-refractivity contribution in [2.24, 2.45) is 5.73 Å². The molecule has 0 bridgehead atoms. The van der Waals surface area contributed by atoms with Gasteiger partial charge in [0.1, 0.15) is 5.82 Å².